The van der Waals surface area contributed by atoms with Gasteiger partial charge in [0.05, 0.1) is 23.7 Å². The molecule has 5 nitrogen and oxygen atoms in total. The molecule has 3 aromatic rings. The van der Waals surface area contributed by atoms with Gasteiger partial charge < -0.3 is 14.2 Å². The normalized spacial score (nSPS) is 16.4. The van der Waals surface area contributed by atoms with Crippen LogP contribution in [0.5, 0.6) is 5.75 Å². The largest absolute Gasteiger partial charge is 0.494 e. The molecule has 0 spiro atoms. The Hall–Kier alpha value is -2.53. The van der Waals surface area contributed by atoms with Crippen molar-refractivity contribution in [2.45, 2.75) is 52.1 Å². The van der Waals surface area contributed by atoms with E-state index >= 15 is 0 Å². The summed E-state index contributed by atoms with van der Waals surface area (Å²) in [5.41, 5.74) is 3.16. The molecule has 1 atom stereocenters. The van der Waals surface area contributed by atoms with Gasteiger partial charge in [0, 0.05) is 25.0 Å². The molecule has 2 heterocycles. The molecule has 0 saturated carbocycles. The first-order chi connectivity index (χ1) is 14.5. The van der Waals surface area contributed by atoms with Crippen molar-refractivity contribution >= 4 is 28.5 Å². The van der Waals surface area contributed by atoms with E-state index in [9.17, 15) is 4.79 Å². The van der Waals surface area contributed by atoms with E-state index in [0.29, 0.717) is 6.61 Å². The van der Waals surface area contributed by atoms with E-state index in [1.165, 1.54) is 0 Å². The fourth-order valence-electron chi connectivity index (χ4n) is 4.26. The highest BCUT2D eigenvalue weighted by molar-refractivity contribution is 6.31. The number of hydrogen-bond acceptors (Lipinski definition) is 3. The SMILES string of the molecule is CC(=O)N1CCC[C@@H]1c1nc2ccccc2n1CCCCOc1ccc(Cl)c(C)c1. The molecule has 0 N–H and O–H groups in total. The zero-order chi connectivity index (χ0) is 21.1. The summed E-state index contributed by atoms with van der Waals surface area (Å²) in [6, 6.07) is 14.1. The molecule has 0 bridgehead atoms. The van der Waals surface area contributed by atoms with E-state index in [-0.39, 0.29) is 11.9 Å². The number of rotatable bonds is 7. The predicted molar refractivity (Wildman–Crippen MR) is 120 cm³/mol. The molecule has 4 rings (SSSR count). The number of benzene rings is 2. The lowest BCUT2D eigenvalue weighted by molar-refractivity contribution is -0.129. The van der Waals surface area contributed by atoms with Crippen molar-refractivity contribution in [1.82, 2.24) is 14.5 Å². The van der Waals surface area contributed by atoms with Crippen LogP contribution in [0.25, 0.3) is 11.0 Å². The lowest BCUT2D eigenvalue weighted by atomic mass is 10.2. The third-order valence-corrected chi connectivity index (χ3v) is 6.24. The third kappa shape index (κ3) is 4.31. The summed E-state index contributed by atoms with van der Waals surface area (Å²) in [7, 11) is 0. The van der Waals surface area contributed by atoms with E-state index in [0.717, 1.165) is 72.0 Å². The van der Waals surface area contributed by atoms with Gasteiger partial charge in [-0.2, -0.15) is 0 Å². The standard InChI is InChI=1S/C24H28ClN3O2/c1-17-16-19(11-12-20(17)25)30-15-6-5-13-28-22-9-4-3-8-21(22)26-24(28)23-10-7-14-27(23)18(2)29/h3-4,8-9,11-12,16,23H,5-7,10,13-15H2,1-2H3/t23-/m1/s1. The average Bonchev–Trinajstić information content (AvgIpc) is 3.35. The number of carbonyl (C=O) groups excluding carboxylic acids is 1. The molecule has 158 valence electrons. The van der Waals surface area contributed by atoms with Crippen LogP contribution in [0, 0.1) is 6.92 Å². The molecule has 6 heteroatoms. The highest BCUT2D eigenvalue weighted by Crippen LogP contribution is 2.33. The van der Waals surface area contributed by atoms with Gasteiger partial charge in [-0.05, 0) is 68.5 Å². The lowest BCUT2D eigenvalue weighted by Gasteiger charge is -2.24. The van der Waals surface area contributed by atoms with E-state index in [1.807, 2.05) is 48.2 Å². The monoisotopic (exact) mass is 425 g/mol. The van der Waals surface area contributed by atoms with Crippen LogP contribution in [0.3, 0.4) is 0 Å². The Bertz CT molecular complexity index is 1050. The van der Waals surface area contributed by atoms with Crippen molar-refractivity contribution in [2.75, 3.05) is 13.2 Å². The van der Waals surface area contributed by atoms with Crippen molar-refractivity contribution in [3.8, 4) is 5.75 Å². The van der Waals surface area contributed by atoms with Crippen LogP contribution in [0.1, 0.15) is 50.0 Å². The third-order valence-electron chi connectivity index (χ3n) is 5.81. The molecule has 1 saturated heterocycles. The van der Waals surface area contributed by atoms with Gasteiger partial charge in [-0.1, -0.05) is 23.7 Å². The van der Waals surface area contributed by atoms with Crippen molar-refractivity contribution in [1.29, 1.82) is 0 Å². The number of aromatic nitrogens is 2. The Morgan fingerprint density at radius 1 is 1.23 bits per heavy atom. The van der Waals surface area contributed by atoms with E-state index in [1.54, 1.807) is 6.92 Å². The Kier molecular flexibility index (Phi) is 6.28. The predicted octanol–water partition coefficient (Wildman–Crippen LogP) is 5.54. The van der Waals surface area contributed by atoms with Crippen molar-refractivity contribution in [3.63, 3.8) is 0 Å². The summed E-state index contributed by atoms with van der Waals surface area (Å²) in [5.74, 6) is 2.00. The molecule has 1 aliphatic rings. The highest BCUT2D eigenvalue weighted by atomic mass is 35.5. The number of hydrogen-bond donors (Lipinski definition) is 0. The smallest absolute Gasteiger partial charge is 0.220 e. The first-order valence-electron chi connectivity index (χ1n) is 10.7. The molecular weight excluding hydrogens is 398 g/mol. The molecule has 0 radical (unpaired) electrons. The van der Waals surface area contributed by atoms with Gasteiger partial charge in [0.15, 0.2) is 0 Å². The molecular formula is C24H28ClN3O2. The number of imidazole rings is 1. The van der Waals surface area contributed by atoms with Crippen molar-refractivity contribution in [3.05, 3.63) is 58.9 Å². The number of halogens is 1. The van der Waals surface area contributed by atoms with Crippen LogP contribution in [0.2, 0.25) is 5.02 Å². The molecule has 0 unspecified atom stereocenters. The second-order valence-corrected chi connectivity index (χ2v) is 8.35. The van der Waals surface area contributed by atoms with Crippen LogP contribution in [0.15, 0.2) is 42.5 Å². The zero-order valence-electron chi connectivity index (χ0n) is 17.6. The van der Waals surface area contributed by atoms with E-state index < -0.39 is 0 Å². The number of aryl methyl sites for hydroxylation is 2. The second kappa shape index (κ2) is 9.09. The van der Waals surface area contributed by atoms with Gasteiger partial charge in [-0.3, -0.25) is 4.79 Å². The minimum absolute atomic E-state index is 0.0724. The number of ether oxygens (including phenoxy) is 1. The Morgan fingerprint density at radius 3 is 2.87 bits per heavy atom. The maximum absolute atomic E-state index is 12.1. The summed E-state index contributed by atoms with van der Waals surface area (Å²) in [4.78, 5) is 19.0. The van der Waals surface area contributed by atoms with Gasteiger partial charge in [-0.25, -0.2) is 4.98 Å². The Labute approximate surface area is 182 Å². The average molecular weight is 426 g/mol. The summed E-state index contributed by atoms with van der Waals surface area (Å²) in [6.45, 7) is 5.97. The summed E-state index contributed by atoms with van der Waals surface area (Å²) in [6.07, 6.45) is 3.92. The minimum Gasteiger partial charge on any atom is -0.494 e. The number of amides is 1. The van der Waals surface area contributed by atoms with Gasteiger partial charge >= 0.3 is 0 Å². The fraction of sp³-hybridized carbons (Fsp3) is 0.417. The Morgan fingerprint density at radius 2 is 2.07 bits per heavy atom. The van der Waals surface area contributed by atoms with Gasteiger partial charge in [0.25, 0.3) is 0 Å². The lowest BCUT2D eigenvalue weighted by Crippen LogP contribution is -2.30. The van der Waals surface area contributed by atoms with Gasteiger partial charge in [-0.15, -0.1) is 0 Å². The molecule has 1 aliphatic heterocycles. The minimum atomic E-state index is 0.0724. The topological polar surface area (TPSA) is 47.4 Å². The number of para-hydroxylation sites is 2. The maximum atomic E-state index is 12.1. The molecule has 30 heavy (non-hydrogen) atoms. The Balaban J connectivity index is 1.44. The maximum Gasteiger partial charge on any atom is 0.220 e. The number of carbonyl (C=O) groups is 1. The molecule has 2 aromatic carbocycles. The summed E-state index contributed by atoms with van der Waals surface area (Å²) >= 11 is 6.08. The number of nitrogens with zero attached hydrogens (tertiary/aromatic N) is 3. The highest BCUT2D eigenvalue weighted by Gasteiger charge is 2.31. The van der Waals surface area contributed by atoms with Gasteiger partial charge in [0.1, 0.15) is 11.6 Å². The molecule has 1 fully saturated rings. The first-order valence-corrected chi connectivity index (χ1v) is 11.0. The quantitative estimate of drug-likeness (QED) is 0.467. The van der Waals surface area contributed by atoms with E-state index in [2.05, 4.69) is 10.6 Å². The first kappa shape index (κ1) is 20.7. The number of fused-ring (bicyclic) bond motifs is 1. The summed E-state index contributed by atoms with van der Waals surface area (Å²) < 4.78 is 8.19. The van der Waals surface area contributed by atoms with Crippen molar-refractivity contribution < 1.29 is 9.53 Å². The van der Waals surface area contributed by atoms with Crippen LogP contribution in [-0.4, -0.2) is 33.5 Å². The van der Waals surface area contributed by atoms with Gasteiger partial charge in [0.2, 0.25) is 5.91 Å². The molecule has 1 amide bonds. The number of likely N-dealkylation sites (tertiary alicyclic amines) is 1. The fourth-order valence-corrected chi connectivity index (χ4v) is 4.38. The van der Waals surface area contributed by atoms with Crippen LogP contribution < -0.4 is 4.74 Å². The van der Waals surface area contributed by atoms with E-state index in [4.69, 9.17) is 21.3 Å². The van der Waals surface area contributed by atoms with Crippen LogP contribution >= 0.6 is 11.6 Å². The van der Waals surface area contributed by atoms with Crippen LogP contribution in [-0.2, 0) is 11.3 Å². The zero-order valence-corrected chi connectivity index (χ0v) is 18.4. The molecule has 1 aromatic heterocycles. The second-order valence-electron chi connectivity index (χ2n) is 7.95. The molecule has 0 aliphatic carbocycles. The number of unbranched alkanes of at least 4 members (excludes halogenated alkanes) is 1. The van der Waals surface area contributed by atoms with Crippen molar-refractivity contribution in [2.24, 2.45) is 0 Å². The summed E-state index contributed by atoms with van der Waals surface area (Å²) in [5, 5.41) is 0.758. The van der Waals surface area contributed by atoms with Crippen LogP contribution in [0.4, 0.5) is 0 Å².